The molecular formula is C48H86O14P2. The van der Waals surface area contributed by atoms with Crippen LogP contribution in [0.2, 0.25) is 0 Å². The van der Waals surface area contributed by atoms with E-state index in [1.54, 1.807) is 12.2 Å². The first-order valence-electron chi connectivity index (χ1n) is 24.1. The molecular weight excluding hydrogens is 862 g/mol. The Morgan fingerprint density at radius 3 is 1.64 bits per heavy atom. The molecule has 0 amide bonds. The Balaban J connectivity index is 4.60. The number of hydrogen-bond donors (Lipinski definition) is 4. The topological polar surface area (TPSA) is 212 Å². The van der Waals surface area contributed by atoms with E-state index < -0.39 is 66.2 Å². The van der Waals surface area contributed by atoms with E-state index in [4.69, 9.17) is 23.8 Å². The zero-order chi connectivity index (χ0) is 47.6. The highest BCUT2D eigenvalue weighted by Gasteiger charge is 2.28. The predicted octanol–water partition coefficient (Wildman–Crippen LogP) is 12.0. The Bertz CT molecular complexity index is 1390. The van der Waals surface area contributed by atoms with Crippen molar-refractivity contribution in [2.24, 2.45) is 5.92 Å². The average molecular weight is 949 g/mol. The van der Waals surface area contributed by atoms with Crippen LogP contribution in [0.25, 0.3) is 0 Å². The van der Waals surface area contributed by atoms with Gasteiger partial charge in [0.2, 0.25) is 0 Å². The summed E-state index contributed by atoms with van der Waals surface area (Å²) in [5.41, 5.74) is 0. The minimum atomic E-state index is -4.89. The molecule has 64 heavy (non-hydrogen) atoms. The predicted molar refractivity (Wildman–Crippen MR) is 253 cm³/mol. The molecule has 0 aromatic rings. The molecule has 0 aliphatic carbocycles. The number of carbonyl (C=O) groups is 3. The van der Waals surface area contributed by atoms with E-state index in [-0.39, 0.29) is 31.5 Å². The van der Waals surface area contributed by atoms with Crippen LogP contribution in [0.5, 0.6) is 0 Å². The summed E-state index contributed by atoms with van der Waals surface area (Å²) >= 11 is 0. The van der Waals surface area contributed by atoms with Crippen LogP contribution in [0.15, 0.2) is 48.6 Å². The second-order valence-corrected chi connectivity index (χ2v) is 19.6. The quantitative estimate of drug-likeness (QED) is 0.0112. The molecule has 0 rings (SSSR count). The largest absolute Gasteiger partial charge is 0.472 e. The third-order valence-corrected chi connectivity index (χ3v) is 11.6. The normalized spacial score (nSPS) is 14.3. The second-order valence-electron chi connectivity index (χ2n) is 16.9. The lowest BCUT2D eigenvalue weighted by molar-refractivity contribution is -0.161. The maximum atomic E-state index is 12.7. The van der Waals surface area contributed by atoms with E-state index in [2.05, 4.69) is 54.1 Å². The number of hydrogen-bond acceptors (Lipinski definition) is 11. The van der Waals surface area contributed by atoms with Crippen molar-refractivity contribution >= 4 is 33.4 Å². The summed E-state index contributed by atoms with van der Waals surface area (Å²) in [6.45, 7) is 3.82. The number of esters is 2. The number of phosphoric ester groups is 2. The highest BCUT2D eigenvalue weighted by atomic mass is 31.2. The van der Waals surface area contributed by atoms with Crippen molar-refractivity contribution in [1.82, 2.24) is 0 Å². The minimum Gasteiger partial charge on any atom is -0.462 e. The average Bonchev–Trinajstić information content (AvgIpc) is 3.24. The van der Waals surface area contributed by atoms with Gasteiger partial charge in [-0.05, 0) is 50.5 Å². The third-order valence-electron chi connectivity index (χ3n) is 10.1. The number of phosphoric acid groups is 2. The maximum Gasteiger partial charge on any atom is 0.472 e. The molecule has 1 unspecified atom stereocenters. The summed E-state index contributed by atoms with van der Waals surface area (Å²) in [7, 11) is -9.77. The molecule has 0 aromatic carbocycles. The van der Waals surface area contributed by atoms with Crippen molar-refractivity contribution < 1.29 is 66.3 Å². The van der Waals surface area contributed by atoms with E-state index >= 15 is 0 Å². The zero-order valence-corrected chi connectivity index (χ0v) is 41.3. The molecule has 0 saturated carbocycles. The number of ketones is 1. The van der Waals surface area contributed by atoms with Crippen molar-refractivity contribution in [3.8, 4) is 0 Å². The summed E-state index contributed by atoms with van der Waals surface area (Å²) < 4.78 is 47.7. The lowest BCUT2D eigenvalue weighted by Gasteiger charge is -2.20. The lowest BCUT2D eigenvalue weighted by atomic mass is 10.0. The first-order valence-corrected chi connectivity index (χ1v) is 27.2. The first-order chi connectivity index (χ1) is 30.6. The van der Waals surface area contributed by atoms with Gasteiger partial charge in [-0.15, -0.1) is 0 Å². The number of aliphatic hydroxyl groups excluding tert-OH is 1. The fraction of sp³-hybridized carbons (Fsp3) is 0.771. The molecule has 4 N–H and O–H groups in total. The molecule has 0 aliphatic rings. The van der Waals surface area contributed by atoms with Gasteiger partial charge in [-0.2, -0.15) is 0 Å². The van der Waals surface area contributed by atoms with Gasteiger partial charge in [-0.3, -0.25) is 28.0 Å². The number of allylic oxidation sites excluding steroid dienone is 8. The van der Waals surface area contributed by atoms with Gasteiger partial charge >= 0.3 is 27.6 Å². The van der Waals surface area contributed by atoms with E-state index in [0.29, 0.717) is 6.42 Å². The van der Waals surface area contributed by atoms with Crippen LogP contribution in [0.4, 0.5) is 0 Å². The molecule has 0 heterocycles. The second kappa shape index (κ2) is 42.1. The molecule has 0 bridgehead atoms. The van der Waals surface area contributed by atoms with E-state index in [9.17, 15) is 33.5 Å². The molecule has 0 aliphatic heterocycles. The number of carbonyl (C=O) groups excluding carboxylic acids is 3. The van der Waals surface area contributed by atoms with Gasteiger partial charge in [0.15, 0.2) is 11.9 Å². The van der Waals surface area contributed by atoms with Crippen LogP contribution < -0.4 is 0 Å². The van der Waals surface area contributed by atoms with Crippen LogP contribution in [-0.2, 0) is 46.6 Å². The van der Waals surface area contributed by atoms with E-state index in [0.717, 1.165) is 44.4 Å². The molecule has 0 saturated heterocycles. The maximum absolute atomic E-state index is 12.7. The van der Waals surface area contributed by atoms with Gasteiger partial charge in [0.25, 0.3) is 0 Å². The Hall–Kier alpha value is -2.25. The highest BCUT2D eigenvalue weighted by Crippen LogP contribution is 2.43. The molecule has 0 aromatic heterocycles. The molecule has 372 valence electrons. The minimum absolute atomic E-state index is 0.0762. The van der Waals surface area contributed by atoms with Crippen LogP contribution >= 0.6 is 15.6 Å². The lowest BCUT2D eigenvalue weighted by Crippen LogP contribution is -2.30. The first kappa shape index (κ1) is 61.8. The van der Waals surface area contributed by atoms with Gasteiger partial charge in [0.05, 0.1) is 19.8 Å². The number of ether oxygens (including phenoxy) is 2. The Morgan fingerprint density at radius 1 is 0.547 bits per heavy atom. The number of aliphatic hydroxyl groups is 1. The van der Waals surface area contributed by atoms with Crippen LogP contribution in [0, 0.1) is 5.92 Å². The Kier molecular flexibility index (Phi) is 40.6. The summed E-state index contributed by atoms with van der Waals surface area (Å²) in [5.74, 6) is -0.649. The smallest absolute Gasteiger partial charge is 0.462 e. The van der Waals surface area contributed by atoms with Crippen LogP contribution in [-0.4, -0.2) is 76.1 Å². The summed E-state index contributed by atoms with van der Waals surface area (Å²) in [6, 6.07) is 0. The molecule has 0 spiro atoms. The highest BCUT2D eigenvalue weighted by molar-refractivity contribution is 7.47. The summed E-state index contributed by atoms with van der Waals surface area (Å²) in [6.07, 6.45) is 39.7. The van der Waals surface area contributed by atoms with Gasteiger partial charge < -0.3 is 29.3 Å². The van der Waals surface area contributed by atoms with Gasteiger partial charge in [-0.1, -0.05) is 179 Å². The fourth-order valence-corrected chi connectivity index (χ4v) is 7.58. The SMILES string of the molecule is CCCCC/C=C\C/C=C\C/C=C\C=C\C(=O)CCCC(=O)O[C@H](COC(=O)CCCCCCCCCCCCCCCCCCC(C)C)COP(=O)(O)OC[C@@H](O)COP(=O)(O)O. The number of unbranched alkanes of at least 4 members (excludes halogenated alkanes) is 18. The third kappa shape index (κ3) is 46.3. The Labute approximate surface area is 385 Å². The van der Waals surface area contributed by atoms with Crippen LogP contribution in [0.1, 0.15) is 194 Å². The number of rotatable bonds is 45. The van der Waals surface area contributed by atoms with Gasteiger partial charge in [0, 0.05) is 19.3 Å². The molecule has 3 atom stereocenters. The van der Waals surface area contributed by atoms with Crippen LogP contribution in [0.3, 0.4) is 0 Å². The molecule has 0 fully saturated rings. The standard InChI is InChI=1S/C48H86O14P2/c1-4-5-6-7-8-9-10-15-19-22-25-28-31-35-44(49)36-33-38-48(52)62-46(42-61-64(56,57)60-40-45(50)39-59-63(53,54)55)41-58-47(51)37-32-29-26-23-20-17-14-12-11-13-16-18-21-24-27-30-34-43(2)3/h8-9,15,19,25,28,31,35,43,45-46,50H,4-7,10-14,16-18,20-24,26-27,29-30,32-34,36-42H2,1-3H3,(H,56,57)(H2,53,54,55)/b9-8-,19-15-,28-25-,35-31+/t45-,46+/m0/s1. The van der Waals surface area contributed by atoms with Crippen molar-refractivity contribution in [3.63, 3.8) is 0 Å². The fourth-order valence-electron chi connectivity index (χ4n) is 6.43. The summed E-state index contributed by atoms with van der Waals surface area (Å²) in [4.78, 5) is 65.1. The monoisotopic (exact) mass is 949 g/mol. The van der Waals surface area contributed by atoms with Gasteiger partial charge in [-0.25, -0.2) is 9.13 Å². The van der Waals surface area contributed by atoms with Crippen molar-refractivity contribution in [1.29, 1.82) is 0 Å². The van der Waals surface area contributed by atoms with E-state index in [1.807, 2.05) is 6.08 Å². The Morgan fingerprint density at radius 2 is 1.06 bits per heavy atom. The zero-order valence-electron chi connectivity index (χ0n) is 39.5. The summed E-state index contributed by atoms with van der Waals surface area (Å²) in [5, 5.41) is 9.76. The van der Waals surface area contributed by atoms with E-state index in [1.165, 1.54) is 109 Å². The van der Waals surface area contributed by atoms with Crippen molar-refractivity contribution in [3.05, 3.63) is 48.6 Å². The van der Waals surface area contributed by atoms with Crippen molar-refractivity contribution in [2.75, 3.05) is 26.4 Å². The molecule has 14 nitrogen and oxygen atoms in total. The van der Waals surface area contributed by atoms with Gasteiger partial charge in [0.1, 0.15) is 12.7 Å². The molecule has 0 radical (unpaired) electrons. The van der Waals surface area contributed by atoms with Crippen molar-refractivity contribution in [2.45, 2.75) is 206 Å². The molecule has 16 heteroatoms.